The lowest BCUT2D eigenvalue weighted by molar-refractivity contribution is 1.38. The van der Waals surface area contributed by atoms with Crippen LogP contribution in [0.3, 0.4) is 0 Å². The highest BCUT2D eigenvalue weighted by Gasteiger charge is 2.08. The molecule has 0 N–H and O–H groups in total. The van der Waals surface area contributed by atoms with Crippen LogP contribution >= 0.6 is 0 Å². The van der Waals surface area contributed by atoms with Crippen molar-refractivity contribution in [2.75, 3.05) is 0 Å². The predicted octanol–water partition coefficient (Wildman–Crippen LogP) is 5.17. The summed E-state index contributed by atoms with van der Waals surface area (Å²) in [5, 5.41) is 39.8. The summed E-state index contributed by atoms with van der Waals surface area (Å²) in [5.41, 5.74) is 0.456. The van der Waals surface area contributed by atoms with Gasteiger partial charge in [0.05, 0.1) is 22.3 Å². The SMILES string of the molecule is N#Cc1cc(C#N)c(C#N)cc1C#N.c1ccc2cc3ccccc3cc2c1. The van der Waals surface area contributed by atoms with E-state index in [1.807, 2.05) is 0 Å². The number of fused-ring (bicyclic) bond motifs is 2. The minimum Gasteiger partial charge on any atom is -0.192 e. The molecule has 0 bridgehead atoms. The molecule has 0 radical (unpaired) electrons. The normalized spacial score (nSPS) is 9.29. The van der Waals surface area contributed by atoms with E-state index in [4.69, 9.17) is 21.0 Å². The van der Waals surface area contributed by atoms with Crippen LogP contribution in [0.15, 0.2) is 72.8 Å². The molecule has 4 nitrogen and oxygen atoms in total. The van der Waals surface area contributed by atoms with Crippen molar-refractivity contribution in [3.8, 4) is 24.3 Å². The molecule has 0 amide bonds. The predicted molar refractivity (Wildman–Crippen MR) is 107 cm³/mol. The van der Waals surface area contributed by atoms with Crippen LogP contribution in [-0.2, 0) is 0 Å². The van der Waals surface area contributed by atoms with Gasteiger partial charge in [-0.15, -0.1) is 0 Å². The first-order chi connectivity index (χ1) is 13.7. The molecule has 0 aliphatic carbocycles. The molecular weight excluding hydrogens is 344 g/mol. The zero-order valence-corrected chi connectivity index (χ0v) is 14.7. The number of hydrogen-bond donors (Lipinski definition) is 0. The quantitative estimate of drug-likeness (QED) is 0.406. The van der Waals surface area contributed by atoms with Crippen LogP contribution in [-0.4, -0.2) is 0 Å². The maximum atomic E-state index is 8.64. The maximum absolute atomic E-state index is 8.64. The largest absolute Gasteiger partial charge is 0.192 e. The fourth-order valence-corrected chi connectivity index (χ4v) is 2.85. The van der Waals surface area contributed by atoms with Crippen molar-refractivity contribution >= 4 is 21.5 Å². The fraction of sp³-hybridized carbons (Fsp3) is 0. The van der Waals surface area contributed by atoms with Crippen LogP contribution in [0.25, 0.3) is 21.5 Å². The van der Waals surface area contributed by atoms with E-state index in [0.29, 0.717) is 0 Å². The van der Waals surface area contributed by atoms with Gasteiger partial charge in [0.2, 0.25) is 0 Å². The Labute approximate surface area is 162 Å². The van der Waals surface area contributed by atoms with Crippen molar-refractivity contribution in [2.45, 2.75) is 0 Å². The van der Waals surface area contributed by atoms with Crippen molar-refractivity contribution < 1.29 is 0 Å². The van der Waals surface area contributed by atoms with Gasteiger partial charge in [-0.3, -0.25) is 0 Å². The molecule has 4 heteroatoms. The minimum atomic E-state index is 0.114. The molecule has 4 aromatic rings. The molecular formula is C24H12N4. The highest BCUT2D eigenvalue weighted by molar-refractivity contribution is 5.98. The van der Waals surface area contributed by atoms with Crippen LogP contribution in [0.1, 0.15) is 22.3 Å². The van der Waals surface area contributed by atoms with Crippen molar-refractivity contribution in [3.05, 3.63) is 95.1 Å². The van der Waals surface area contributed by atoms with Gasteiger partial charge >= 0.3 is 0 Å². The Balaban J connectivity index is 0.000000161. The minimum absolute atomic E-state index is 0.114. The molecule has 0 aromatic heterocycles. The lowest BCUT2D eigenvalue weighted by Crippen LogP contribution is -1.90. The summed E-state index contributed by atoms with van der Waals surface area (Å²) in [6.45, 7) is 0. The lowest BCUT2D eigenvalue weighted by Gasteiger charge is -2.00. The van der Waals surface area contributed by atoms with Gasteiger partial charge < -0.3 is 0 Å². The summed E-state index contributed by atoms with van der Waals surface area (Å²) in [4.78, 5) is 0. The third-order valence-electron chi connectivity index (χ3n) is 4.25. The van der Waals surface area contributed by atoms with Crippen molar-refractivity contribution in [2.24, 2.45) is 0 Å². The monoisotopic (exact) mass is 356 g/mol. The first kappa shape index (κ1) is 18.2. The first-order valence-electron chi connectivity index (χ1n) is 8.36. The summed E-state index contributed by atoms with van der Waals surface area (Å²) < 4.78 is 0. The van der Waals surface area contributed by atoms with E-state index in [-0.39, 0.29) is 22.3 Å². The van der Waals surface area contributed by atoms with E-state index in [0.717, 1.165) is 0 Å². The van der Waals surface area contributed by atoms with Crippen LogP contribution < -0.4 is 0 Å². The van der Waals surface area contributed by atoms with E-state index < -0.39 is 0 Å². The highest BCUT2D eigenvalue weighted by Crippen LogP contribution is 2.22. The fourth-order valence-electron chi connectivity index (χ4n) is 2.85. The third-order valence-corrected chi connectivity index (χ3v) is 4.25. The number of nitrogens with zero attached hydrogens (tertiary/aromatic N) is 4. The zero-order chi connectivity index (χ0) is 19.9. The molecule has 0 unspecified atom stereocenters. The molecule has 28 heavy (non-hydrogen) atoms. The Morgan fingerprint density at radius 2 is 0.643 bits per heavy atom. The topological polar surface area (TPSA) is 95.2 Å². The number of nitriles is 4. The molecule has 0 aliphatic heterocycles. The van der Waals surface area contributed by atoms with Crippen LogP contribution in [0.5, 0.6) is 0 Å². The average molecular weight is 356 g/mol. The van der Waals surface area contributed by atoms with Gasteiger partial charge in [-0.2, -0.15) is 21.0 Å². The maximum Gasteiger partial charge on any atom is 0.101 e. The Hall–Kier alpha value is -4.64. The molecule has 0 atom stereocenters. The Kier molecular flexibility index (Phi) is 5.29. The van der Waals surface area contributed by atoms with Gasteiger partial charge in [0.25, 0.3) is 0 Å². The summed E-state index contributed by atoms with van der Waals surface area (Å²) in [6.07, 6.45) is 0. The second kappa shape index (κ2) is 8.16. The van der Waals surface area contributed by atoms with Gasteiger partial charge in [0.15, 0.2) is 0 Å². The van der Waals surface area contributed by atoms with Gasteiger partial charge in [0.1, 0.15) is 24.3 Å². The van der Waals surface area contributed by atoms with Crippen molar-refractivity contribution in [1.29, 1.82) is 21.0 Å². The molecule has 4 rings (SSSR count). The van der Waals surface area contributed by atoms with E-state index in [2.05, 4.69) is 60.7 Å². The number of hydrogen-bond acceptors (Lipinski definition) is 4. The Morgan fingerprint density at radius 1 is 0.393 bits per heavy atom. The number of rotatable bonds is 0. The summed E-state index contributed by atoms with van der Waals surface area (Å²) in [7, 11) is 0. The second-order valence-electron chi connectivity index (χ2n) is 5.94. The average Bonchev–Trinajstić information content (AvgIpc) is 2.76. The zero-order valence-electron chi connectivity index (χ0n) is 14.7. The summed E-state index contributed by atoms with van der Waals surface area (Å²) in [6, 6.07) is 31.1. The molecule has 0 saturated carbocycles. The van der Waals surface area contributed by atoms with Crippen molar-refractivity contribution in [3.63, 3.8) is 0 Å². The molecule has 0 heterocycles. The smallest absolute Gasteiger partial charge is 0.101 e. The molecule has 0 aliphatic rings. The molecule has 4 aromatic carbocycles. The third kappa shape index (κ3) is 3.63. The van der Waals surface area contributed by atoms with Crippen LogP contribution in [0, 0.1) is 45.3 Å². The number of benzene rings is 4. The Bertz CT molecular complexity index is 1150. The van der Waals surface area contributed by atoms with E-state index in [1.54, 1.807) is 24.3 Å². The van der Waals surface area contributed by atoms with Gasteiger partial charge in [0, 0.05) is 0 Å². The molecule has 128 valence electrons. The van der Waals surface area contributed by atoms with Gasteiger partial charge in [-0.1, -0.05) is 48.5 Å². The summed E-state index contributed by atoms with van der Waals surface area (Å²) >= 11 is 0. The first-order valence-corrected chi connectivity index (χ1v) is 8.36. The van der Waals surface area contributed by atoms with E-state index in [9.17, 15) is 0 Å². The lowest BCUT2D eigenvalue weighted by atomic mass is 10.0. The van der Waals surface area contributed by atoms with Gasteiger partial charge in [-0.05, 0) is 45.8 Å². The van der Waals surface area contributed by atoms with Gasteiger partial charge in [-0.25, -0.2) is 0 Å². The van der Waals surface area contributed by atoms with E-state index in [1.165, 1.54) is 33.7 Å². The molecule has 0 spiro atoms. The second-order valence-corrected chi connectivity index (χ2v) is 5.94. The highest BCUT2D eigenvalue weighted by atomic mass is 14.3. The van der Waals surface area contributed by atoms with E-state index >= 15 is 0 Å². The molecule has 0 fully saturated rings. The molecule has 0 saturated heterocycles. The van der Waals surface area contributed by atoms with Crippen LogP contribution in [0.4, 0.5) is 0 Å². The van der Waals surface area contributed by atoms with Crippen molar-refractivity contribution in [1.82, 2.24) is 0 Å². The summed E-state index contributed by atoms with van der Waals surface area (Å²) in [5.74, 6) is 0. The standard InChI is InChI=1S/C14H10.C10H2N4/c1-2-6-12-10-14-8-4-3-7-13(14)9-11(12)5-1;11-3-7-1-8(4-12)10(6-14)2-9(7)5-13/h1-10H;1-2H. The van der Waals surface area contributed by atoms with Crippen LogP contribution in [0.2, 0.25) is 0 Å². The Morgan fingerprint density at radius 3 is 0.857 bits per heavy atom.